The Labute approximate surface area is 114 Å². The number of carbonyl (C=O) groups excluding carboxylic acids is 1. The standard InChI is InChI=1S/C16H20N2O/c1-5-8-18-14(6-7-17-18)16(19)15-12(3)9-11(2)10-13(15)4/h6-7,9-10H,5,8H2,1-4H3. The minimum Gasteiger partial charge on any atom is -0.287 e. The number of benzene rings is 1. The summed E-state index contributed by atoms with van der Waals surface area (Å²) < 4.78 is 1.79. The van der Waals surface area contributed by atoms with Crippen molar-refractivity contribution >= 4 is 5.78 Å². The predicted molar refractivity (Wildman–Crippen MR) is 76.6 cm³/mol. The third-order valence-corrected chi connectivity index (χ3v) is 3.29. The minimum absolute atomic E-state index is 0.0703. The average molecular weight is 256 g/mol. The Morgan fingerprint density at radius 3 is 2.42 bits per heavy atom. The molecule has 0 bridgehead atoms. The van der Waals surface area contributed by atoms with Crippen molar-refractivity contribution in [2.45, 2.75) is 40.7 Å². The summed E-state index contributed by atoms with van der Waals surface area (Å²) in [6.07, 6.45) is 2.66. The minimum atomic E-state index is 0.0703. The molecule has 1 aromatic heterocycles. The molecule has 0 saturated carbocycles. The summed E-state index contributed by atoms with van der Waals surface area (Å²) >= 11 is 0. The molecular formula is C16H20N2O. The van der Waals surface area contributed by atoms with E-state index in [1.165, 1.54) is 5.56 Å². The molecule has 0 aliphatic carbocycles. The van der Waals surface area contributed by atoms with E-state index in [2.05, 4.69) is 31.1 Å². The SMILES string of the molecule is CCCn1nccc1C(=O)c1c(C)cc(C)cc1C. The Kier molecular flexibility index (Phi) is 3.84. The monoisotopic (exact) mass is 256 g/mol. The average Bonchev–Trinajstić information content (AvgIpc) is 2.76. The van der Waals surface area contributed by atoms with Crippen LogP contribution >= 0.6 is 0 Å². The Morgan fingerprint density at radius 1 is 1.21 bits per heavy atom. The molecule has 19 heavy (non-hydrogen) atoms. The second kappa shape index (κ2) is 5.39. The molecule has 0 N–H and O–H groups in total. The number of hydrogen-bond acceptors (Lipinski definition) is 2. The Hall–Kier alpha value is -1.90. The summed E-state index contributed by atoms with van der Waals surface area (Å²) in [4.78, 5) is 12.7. The molecule has 3 heteroatoms. The van der Waals surface area contributed by atoms with Crippen LogP contribution in [0, 0.1) is 20.8 Å². The quantitative estimate of drug-likeness (QED) is 0.785. The normalized spacial score (nSPS) is 10.7. The van der Waals surface area contributed by atoms with E-state index in [9.17, 15) is 4.79 Å². The van der Waals surface area contributed by atoms with E-state index >= 15 is 0 Å². The first kappa shape index (κ1) is 13.5. The predicted octanol–water partition coefficient (Wildman–Crippen LogP) is 3.45. The maximum Gasteiger partial charge on any atom is 0.211 e. The van der Waals surface area contributed by atoms with Gasteiger partial charge < -0.3 is 0 Å². The molecule has 1 aromatic carbocycles. The third kappa shape index (κ3) is 2.60. The molecule has 0 unspecified atom stereocenters. The van der Waals surface area contributed by atoms with Crippen LogP contribution in [0.15, 0.2) is 24.4 Å². The number of carbonyl (C=O) groups is 1. The zero-order chi connectivity index (χ0) is 14.0. The van der Waals surface area contributed by atoms with Gasteiger partial charge in [-0.2, -0.15) is 5.10 Å². The molecule has 0 aliphatic heterocycles. The fourth-order valence-corrected chi connectivity index (χ4v) is 2.58. The second-order valence-electron chi connectivity index (χ2n) is 5.04. The second-order valence-corrected chi connectivity index (χ2v) is 5.04. The van der Waals surface area contributed by atoms with Crippen molar-refractivity contribution < 1.29 is 4.79 Å². The summed E-state index contributed by atoms with van der Waals surface area (Å²) in [5, 5.41) is 4.23. The van der Waals surface area contributed by atoms with Crippen LogP contribution in [0.3, 0.4) is 0 Å². The molecule has 0 spiro atoms. The van der Waals surface area contributed by atoms with Gasteiger partial charge in [-0.15, -0.1) is 0 Å². The van der Waals surface area contributed by atoms with Gasteiger partial charge in [-0.05, 0) is 44.4 Å². The molecule has 2 rings (SSSR count). The highest BCUT2D eigenvalue weighted by Crippen LogP contribution is 2.20. The maximum atomic E-state index is 12.7. The molecule has 2 aromatic rings. The summed E-state index contributed by atoms with van der Waals surface area (Å²) in [6.45, 7) is 8.90. The lowest BCUT2D eigenvalue weighted by molar-refractivity contribution is 0.102. The van der Waals surface area contributed by atoms with Crippen LogP contribution in [-0.4, -0.2) is 15.6 Å². The Balaban J connectivity index is 2.47. The maximum absolute atomic E-state index is 12.7. The van der Waals surface area contributed by atoms with Crippen molar-refractivity contribution in [3.8, 4) is 0 Å². The van der Waals surface area contributed by atoms with Crippen molar-refractivity contribution in [2.24, 2.45) is 0 Å². The largest absolute Gasteiger partial charge is 0.287 e. The summed E-state index contributed by atoms with van der Waals surface area (Å²) in [7, 11) is 0. The van der Waals surface area contributed by atoms with Crippen molar-refractivity contribution in [2.75, 3.05) is 0 Å². The van der Waals surface area contributed by atoms with Gasteiger partial charge in [0.2, 0.25) is 5.78 Å². The summed E-state index contributed by atoms with van der Waals surface area (Å²) in [5.74, 6) is 0.0703. The van der Waals surface area contributed by atoms with Crippen LogP contribution in [-0.2, 0) is 6.54 Å². The summed E-state index contributed by atoms with van der Waals surface area (Å²) in [6, 6.07) is 5.91. The topological polar surface area (TPSA) is 34.9 Å². The van der Waals surface area contributed by atoms with E-state index in [1.807, 2.05) is 13.8 Å². The van der Waals surface area contributed by atoms with Crippen LogP contribution in [0.4, 0.5) is 0 Å². The van der Waals surface area contributed by atoms with Crippen LogP contribution < -0.4 is 0 Å². The van der Waals surface area contributed by atoms with Gasteiger partial charge in [0.05, 0.1) is 0 Å². The summed E-state index contributed by atoms with van der Waals surface area (Å²) in [5.41, 5.74) is 4.74. The molecule has 0 atom stereocenters. The van der Waals surface area contributed by atoms with Gasteiger partial charge in [-0.3, -0.25) is 9.48 Å². The van der Waals surface area contributed by atoms with Crippen LogP contribution in [0.1, 0.15) is 46.1 Å². The molecule has 0 aliphatic rings. The lowest BCUT2D eigenvalue weighted by atomic mass is 9.95. The highest BCUT2D eigenvalue weighted by atomic mass is 16.1. The van der Waals surface area contributed by atoms with E-state index in [1.54, 1.807) is 16.9 Å². The van der Waals surface area contributed by atoms with E-state index in [-0.39, 0.29) is 5.78 Å². The number of aromatic nitrogens is 2. The van der Waals surface area contributed by atoms with Crippen LogP contribution in [0.5, 0.6) is 0 Å². The van der Waals surface area contributed by atoms with Crippen molar-refractivity contribution in [3.05, 3.63) is 52.3 Å². The molecule has 3 nitrogen and oxygen atoms in total. The van der Waals surface area contributed by atoms with Crippen molar-refractivity contribution in [1.29, 1.82) is 0 Å². The van der Waals surface area contributed by atoms with Crippen LogP contribution in [0.25, 0.3) is 0 Å². The molecule has 100 valence electrons. The number of aryl methyl sites for hydroxylation is 4. The van der Waals surface area contributed by atoms with Gasteiger partial charge >= 0.3 is 0 Å². The highest BCUT2D eigenvalue weighted by molar-refractivity contribution is 6.09. The lowest BCUT2D eigenvalue weighted by Crippen LogP contribution is -2.14. The molecule has 0 radical (unpaired) electrons. The zero-order valence-corrected chi connectivity index (χ0v) is 12.0. The molecular weight excluding hydrogens is 236 g/mol. The molecule has 0 amide bonds. The number of ketones is 1. The van der Waals surface area contributed by atoms with Gasteiger partial charge in [-0.1, -0.05) is 24.6 Å². The van der Waals surface area contributed by atoms with Gasteiger partial charge in [0, 0.05) is 18.3 Å². The van der Waals surface area contributed by atoms with Crippen LogP contribution in [0.2, 0.25) is 0 Å². The number of nitrogens with zero attached hydrogens (tertiary/aromatic N) is 2. The smallest absolute Gasteiger partial charge is 0.211 e. The first-order valence-corrected chi connectivity index (χ1v) is 6.69. The van der Waals surface area contributed by atoms with Gasteiger partial charge in [0.25, 0.3) is 0 Å². The van der Waals surface area contributed by atoms with Crippen molar-refractivity contribution in [3.63, 3.8) is 0 Å². The first-order valence-electron chi connectivity index (χ1n) is 6.69. The van der Waals surface area contributed by atoms with Crippen molar-refractivity contribution in [1.82, 2.24) is 9.78 Å². The molecule has 0 fully saturated rings. The fraction of sp³-hybridized carbons (Fsp3) is 0.375. The Morgan fingerprint density at radius 2 is 1.84 bits per heavy atom. The van der Waals surface area contributed by atoms with Gasteiger partial charge in [0.1, 0.15) is 5.69 Å². The van der Waals surface area contributed by atoms with E-state index in [0.717, 1.165) is 29.7 Å². The zero-order valence-electron chi connectivity index (χ0n) is 12.0. The van der Waals surface area contributed by atoms with Gasteiger partial charge in [0.15, 0.2) is 0 Å². The van der Waals surface area contributed by atoms with E-state index in [0.29, 0.717) is 5.69 Å². The molecule has 0 saturated heterocycles. The van der Waals surface area contributed by atoms with Gasteiger partial charge in [-0.25, -0.2) is 0 Å². The fourth-order valence-electron chi connectivity index (χ4n) is 2.58. The lowest BCUT2D eigenvalue weighted by Gasteiger charge is -2.11. The van der Waals surface area contributed by atoms with E-state index in [4.69, 9.17) is 0 Å². The van der Waals surface area contributed by atoms with E-state index < -0.39 is 0 Å². The Bertz CT molecular complexity index is 588. The highest BCUT2D eigenvalue weighted by Gasteiger charge is 2.18. The first-order chi connectivity index (χ1) is 9.04. The third-order valence-electron chi connectivity index (χ3n) is 3.29. The number of rotatable bonds is 4. The molecule has 1 heterocycles. The number of hydrogen-bond donors (Lipinski definition) is 0.